The van der Waals surface area contributed by atoms with Gasteiger partial charge in [-0.2, -0.15) is 9.97 Å². The number of aliphatic carboxylic acids is 2. The highest BCUT2D eigenvalue weighted by molar-refractivity contribution is 6.33. The predicted octanol–water partition coefficient (Wildman–Crippen LogP) is 0.235. The minimum absolute atomic E-state index is 0.0546. The number of nitrogens with zero attached hydrogens (tertiary/aromatic N) is 4. The zero-order valence-electron chi connectivity index (χ0n) is 14.3. The van der Waals surface area contributed by atoms with Gasteiger partial charge in [0.1, 0.15) is 5.52 Å². The fourth-order valence-electron chi connectivity index (χ4n) is 1.65. The van der Waals surface area contributed by atoms with Crippen LogP contribution in [0.2, 0.25) is 5.15 Å². The number of hydrogen-bond acceptors (Lipinski definition) is 8. The average molecular weight is 392 g/mol. The van der Waals surface area contributed by atoms with Crippen molar-refractivity contribution >= 4 is 40.7 Å². The number of aryl methyl sites for hydroxylation is 1. The highest BCUT2D eigenvalue weighted by Crippen LogP contribution is 2.20. The molecule has 0 fully saturated rings. The molecule has 2 rings (SSSR count). The van der Waals surface area contributed by atoms with E-state index in [1.165, 1.54) is 0 Å². The third-order valence-corrected chi connectivity index (χ3v) is 3.00. The molecule has 12 heteroatoms. The van der Waals surface area contributed by atoms with E-state index in [0.29, 0.717) is 24.1 Å². The number of carbonyl (C=O) groups is 2. The van der Waals surface area contributed by atoms with Crippen molar-refractivity contribution in [3.05, 3.63) is 11.5 Å². The molecule has 0 aliphatic rings. The summed E-state index contributed by atoms with van der Waals surface area (Å²) in [6.45, 7) is 2.62. The van der Waals surface area contributed by atoms with Crippen LogP contribution in [0.5, 0.6) is 0 Å². The van der Waals surface area contributed by atoms with Crippen LogP contribution in [-0.2, 0) is 16.1 Å². The standard InChI is InChI=1S/C10H14ClN5O2.2C2H4O2/c11-8-7-9(15-10(12)14-8)16(5-13-7)2-1-6(3-17)4-18;2*1-2(3)4/h5-6,17-18H,1-4H2,(H2,12,14,15);2*1H3,(H,3,4). The first-order valence-corrected chi connectivity index (χ1v) is 7.74. The molecule has 0 saturated carbocycles. The lowest BCUT2D eigenvalue weighted by atomic mass is 10.1. The van der Waals surface area contributed by atoms with Crippen LogP contribution in [0.15, 0.2) is 6.33 Å². The normalized spacial score (nSPS) is 9.92. The molecule has 0 saturated heterocycles. The van der Waals surface area contributed by atoms with Crippen LogP contribution in [0.4, 0.5) is 5.95 Å². The molecule has 146 valence electrons. The lowest BCUT2D eigenvalue weighted by Gasteiger charge is -2.11. The Balaban J connectivity index is 0.000000662. The summed E-state index contributed by atoms with van der Waals surface area (Å²) in [5, 5.41) is 33.1. The molecule has 0 amide bonds. The molecule has 0 spiro atoms. The Bertz CT molecular complexity index is 699. The number of fused-ring (bicyclic) bond motifs is 1. The van der Waals surface area contributed by atoms with Crippen LogP contribution >= 0.6 is 11.6 Å². The SMILES string of the molecule is CC(=O)O.CC(=O)O.Nc1nc(Cl)c2ncn(CCC(CO)CO)c2n1. The molecule has 26 heavy (non-hydrogen) atoms. The summed E-state index contributed by atoms with van der Waals surface area (Å²) in [6, 6.07) is 0. The van der Waals surface area contributed by atoms with Crippen LogP contribution in [0.1, 0.15) is 20.3 Å². The number of aromatic nitrogens is 4. The molecule has 0 aliphatic heterocycles. The second-order valence-corrected chi connectivity index (χ2v) is 5.40. The summed E-state index contributed by atoms with van der Waals surface area (Å²) in [5.41, 5.74) is 6.59. The maximum atomic E-state index is 9.00. The number of aliphatic hydroxyl groups is 2. The summed E-state index contributed by atoms with van der Waals surface area (Å²) >= 11 is 5.91. The number of aliphatic hydroxyl groups excluding tert-OH is 2. The zero-order chi connectivity index (χ0) is 20.3. The Hall–Kier alpha value is -2.50. The van der Waals surface area contributed by atoms with Crippen molar-refractivity contribution in [3.63, 3.8) is 0 Å². The number of halogens is 1. The predicted molar refractivity (Wildman–Crippen MR) is 93.6 cm³/mol. The van der Waals surface area contributed by atoms with Crippen LogP contribution in [-0.4, -0.2) is 65.1 Å². The van der Waals surface area contributed by atoms with Gasteiger partial charge in [0, 0.05) is 39.5 Å². The third-order valence-electron chi connectivity index (χ3n) is 2.73. The average Bonchev–Trinajstić information content (AvgIpc) is 2.90. The lowest BCUT2D eigenvalue weighted by Crippen LogP contribution is -2.14. The van der Waals surface area contributed by atoms with Crippen molar-refractivity contribution in [2.75, 3.05) is 18.9 Å². The monoisotopic (exact) mass is 391 g/mol. The molecule has 0 aliphatic carbocycles. The van der Waals surface area contributed by atoms with Gasteiger partial charge in [-0.3, -0.25) is 9.59 Å². The Labute approximate surface area is 154 Å². The number of nitrogens with two attached hydrogens (primary N) is 1. The van der Waals surface area contributed by atoms with Crippen molar-refractivity contribution in [2.24, 2.45) is 5.92 Å². The highest BCUT2D eigenvalue weighted by Gasteiger charge is 2.12. The topological polar surface area (TPSA) is 185 Å². The molecule has 0 radical (unpaired) electrons. The lowest BCUT2D eigenvalue weighted by molar-refractivity contribution is -0.135. The summed E-state index contributed by atoms with van der Waals surface area (Å²) in [4.78, 5) is 30.0. The first-order valence-electron chi connectivity index (χ1n) is 7.36. The Morgan fingerprint density at radius 2 is 1.69 bits per heavy atom. The third kappa shape index (κ3) is 9.11. The maximum absolute atomic E-state index is 9.00. The van der Waals surface area contributed by atoms with Gasteiger partial charge in [-0.15, -0.1) is 0 Å². The quantitative estimate of drug-likeness (QED) is 0.442. The van der Waals surface area contributed by atoms with Crippen LogP contribution in [0, 0.1) is 5.92 Å². The second-order valence-electron chi connectivity index (χ2n) is 5.04. The van der Waals surface area contributed by atoms with E-state index in [-0.39, 0.29) is 30.2 Å². The Kier molecular flexibility index (Phi) is 10.8. The van der Waals surface area contributed by atoms with E-state index < -0.39 is 11.9 Å². The minimum Gasteiger partial charge on any atom is -0.481 e. The molecular weight excluding hydrogens is 370 g/mol. The van der Waals surface area contributed by atoms with Gasteiger partial charge in [0.25, 0.3) is 11.9 Å². The fraction of sp³-hybridized carbons (Fsp3) is 0.500. The van der Waals surface area contributed by atoms with Crippen molar-refractivity contribution in [1.29, 1.82) is 0 Å². The van der Waals surface area contributed by atoms with E-state index in [0.717, 1.165) is 13.8 Å². The second kappa shape index (κ2) is 12.0. The number of hydrogen-bond donors (Lipinski definition) is 5. The largest absolute Gasteiger partial charge is 0.481 e. The fourth-order valence-corrected chi connectivity index (χ4v) is 1.87. The number of nitrogen functional groups attached to an aromatic ring is 1. The molecule has 0 atom stereocenters. The van der Waals surface area contributed by atoms with Crippen molar-refractivity contribution < 1.29 is 30.0 Å². The molecular formula is C14H22ClN5O6. The van der Waals surface area contributed by atoms with E-state index >= 15 is 0 Å². The van der Waals surface area contributed by atoms with Gasteiger partial charge in [-0.05, 0) is 6.42 Å². The van der Waals surface area contributed by atoms with Crippen LogP contribution in [0.3, 0.4) is 0 Å². The first-order chi connectivity index (χ1) is 12.1. The smallest absolute Gasteiger partial charge is 0.300 e. The van der Waals surface area contributed by atoms with Gasteiger partial charge in [-0.25, -0.2) is 4.98 Å². The Morgan fingerprint density at radius 3 is 2.15 bits per heavy atom. The number of carboxylic acids is 2. The van der Waals surface area contributed by atoms with Gasteiger partial charge in [0.05, 0.1) is 6.33 Å². The van der Waals surface area contributed by atoms with Gasteiger partial charge in [0.2, 0.25) is 5.95 Å². The van der Waals surface area contributed by atoms with Crippen LogP contribution in [0.25, 0.3) is 11.2 Å². The zero-order valence-corrected chi connectivity index (χ0v) is 15.1. The summed E-state index contributed by atoms with van der Waals surface area (Å²) in [6.07, 6.45) is 2.20. The van der Waals surface area contributed by atoms with Crippen LogP contribution < -0.4 is 5.73 Å². The van der Waals surface area contributed by atoms with Crippen molar-refractivity contribution in [3.8, 4) is 0 Å². The van der Waals surface area contributed by atoms with Gasteiger partial charge in [-0.1, -0.05) is 11.6 Å². The molecule has 2 heterocycles. The highest BCUT2D eigenvalue weighted by atomic mass is 35.5. The maximum Gasteiger partial charge on any atom is 0.300 e. The van der Waals surface area contributed by atoms with E-state index in [4.69, 9.17) is 47.3 Å². The van der Waals surface area contributed by atoms with E-state index in [2.05, 4.69) is 15.0 Å². The van der Waals surface area contributed by atoms with E-state index in [1.807, 2.05) is 0 Å². The number of rotatable bonds is 5. The number of anilines is 1. The van der Waals surface area contributed by atoms with E-state index in [9.17, 15) is 0 Å². The van der Waals surface area contributed by atoms with Crippen molar-refractivity contribution in [1.82, 2.24) is 19.5 Å². The minimum atomic E-state index is -0.833. The van der Waals surface area contributed by atoms with E-state index in [1.54, 1.807) is 10.9 Å². The molecule has 11 nitrogen and oxygen atoms in total. The Morgan fingerprint density at radius 1 is 1.19 bits per heavy atom. The first kappa shape index (κ1) is 23.5. The summed E-state index contributed by atoms with van der Waals surface area (Å²) in [5.74, 6) is -1.73. The summed E-state index contributed by atoms with van der Waals surface area (Å²) in [7, 11) is 0. The van der Waals surface area contributed by atoms with Gasteiger partial charge in [0.15, 0.2) is 10.8 Å². The molecule has 2 aromatic rings. The number of imidazole rings is 1. The molecule has 6 N–H and O–H groups in total. The molecule has 0 unspecified atom stereocenters. The number of carboxylic acid groups (broad SMARTS) is 2. The van der Waals surface area contributed by atoms with Crippen molar-refractivity contribution in [2.45, 2.75) is 26.8 Å². The molecule has 2 aromatic heterocycles. The molecule has 0 aromatic carbocycles. The molecule has 0 bridgehead atoms. The van der Waals surface area contributed by atoms with Gasteiger partial charge >= 0.3 is 0 Å². The summed E-state index contributed by atoms with van der Waals surface area (Å²) < 4.78 is 1.78. The van der Waals surface area contributed by atoms with Gasteiger partial charge < -0.3 is 30.7 Å².